The molecule has 0 aromatic rings. The standard InChI is InChI=1S/C13H21F3N2O/c14-13(15,16)8-18(4-3-17)12(19)7-11-6-9-1-2-10(11)5-9/h9-11H,1-8,17H2. The van der Waals surface area contributed by atoms with Gasteiger partial charge in [0.25, 0.3) is 0 Å². The maximum absolute atomic E-state index is 12.4. The molecule has 1 amide bonds. The van der Waals surface area contributed by atoms with Crippen molar-refractivity contribution in [2.75, 3.05) is 19.6 Å². The number of nitrogens with two attached hydrogens (primary N) is 1. The minimum atomic E-state index is -4.35. The van der Waals surface area contributed by atoms with Crippen LogP contribution in [0.15, 0.2) is 0 Å². The van der Waals surface area contributed by atoms with E-state index in [1.54, 1.807) is 0 Å². The molecule has 2 fully saturated rings. The quantitative estimate of drug-likeness (QED) is 0.837. The Labute approximate surface area is 111 Å². The average Bonchev–Trinajstić information content (AvgIpc) is 2.88. The van der Waals surface area contributed by atoms with Crippen LogP contribution in [0.3, 0.4) is 0 Å². The van der Waals surface area contributed by atoms with Gasteiger partial charge in [0.1, 0.15) is 6.54 Å². The molecule has 2 rings (SSSR count). The normalized spacial score (nSPS) is 29.8. The van der Waals surface area contributed by atoms with Crippen molar-refractivity contribution in [2.45, 2.75) is 38.3 Å². The van der Waals surface area contributed by atoms with E-state index in [2.05, 4.69) is 0 Å². The summed E-state index contributed by atoms with van der Waals surface area (Å²) < 4.78 is 37.3. The summed E-state index contributed by atoms with van der Waals surface area (Å²) in [6.07, 6.45) is 0.451. The summed E-state index contributed by atoms with van der Waals surface area (Å²) in [5, 5.41) is 0. The molecular weight excluding hydrogens is 257 g/mol. The second-order valence-corrected chi connectivity index (χ2v) is 5.86. The summed E-state index contributed by atoms with van der Waals surface area (Å²) in [5.41, 5.74) is 5.29. The minimum absolute atomic E-state index is 0.0147. The van der Waals surface area contributed by atoms with Crippen molar-refractivity contribution >= 4 is 5.91 Å². The molecular formula is C13H21F3N2O. The first kappa shape index (κ1) is 14.6. The van der Waals surface area contributed by atoms with E-state index in [0.29, 0.717) is 17.8 Å². The van der Waals surface area contributed by atoms with Crippen molar-refractivity contribution < 1.29 is 18.0 Å². The molecule has 0 aliphatic heterocycles. The number of hydrogen-bond donors (Lipinski definition) is 1. The lowest BCUT2D eigenvalue weighted by Crippen LogP contribution is -2.42. The van der Waals surface area contributed by atoms with Gasteiger partial charge >= 0.3 is 6.18 Å². The van der Waals surface area contributed by atoms with Gasteiger partial charge < -0.3 is 10.6 Å². The summed E-state index contributed by atoms with van der Waals surface area (Å²) in [7, 11) is 0. The highest BCUT2D eigenvalue weighted by atomic mass is 19.4. The van der Waals surface area contributed by atoms with Crippen LogP contribution in [0, 0.1) is 17.8 Å². The third kappa shape index (κ3) is 3.84. The van der Waals surface area contributed by atoms with Gasteiger partial charge in [0.2, 0.25) is 5.91 Å². The summed E-state index contributed by atoms with van der Waals surface area (Å²) in [5.74, 6) is 1.16. The molecule has 2 bridgehead atoms. The first-order valence-electron chi connectivity index (χ1n) is 6.93. The summed E-state index contributed by atoms with van der Waals surface area (Å²) in [6, 6.07) is 0. The molecule has 19 heavy (non-hydrogen) atoms. The van der Waals surface area contributed by atoms with E-state index in [4.69, 9.17) is 5.73 Å². The van der Waals surface area contributed by atoms with E-state index in [1.165, 1.54) is 6.42 Å². The molecule has 2 aliphatic rings. The van der Waals surface area contributed by atoms with E-state index in [0.717, 1.165) is 24.2 Å². The molecule has 2 N–H and O–H groups in total. The molecule has 3 atom stereocenters. The van der Waals surface area contributed by atoms with Gasteiger partial charge in [-0.2, -0.15) is 13.2 Å². The highest BCUT2D eigenvalue weighted by Crippen LogP contribution is 2.49. The number of amides is 1. The first-order chi connectivity index (χ1) is 8.89. The highest BCUT2D eigenvalue weighted by Gasteiger charge is 2.41. The Hall–Kier alpha value is -0.780. The van der Waals surface area contributed by atoms with Crippen molar-refractivity contribution in [1.82, 2.24) is 4.90 Å². The van der Waals surface area contributed by atoms with Crippen LogP contribution in [0.25, 0.3) is 0 Å². The number of carbonyl (C=O) groups excluding carboxylic acids is 1. The zero-order valence-corrected chi connectivity index (χ0v) is 11.0. The number of alkyl halides is 3. The summed E-state index contributed by atoms with van der Waals surface area (Å²) >= 11 is 0. The van der Waals surface area contributed by atoms with Gasteiger partial charge in [0, 0.05) is 19.5 Å². The van der Waals surface area contributed by atoms with Crippen molar-refractivity contribution in [3.63, 3.8) is 0 Å². The van der Waals surface area contributed by atoms with Gasteiger partial charge in [-0.25, -0.2) is 0 Å². The molecule has 3 unspecified atom stereocenters. The van der Waals surface area contributed by atoms with Crippen LogP contribution in [-0.2, 0) is 4.79 Å². The second-order valence-electron chi connectivity index (χ2n) is 5.86. The van der Waals surface area contributed by atoms with Crippen LogP contribution in [0.2, 0.25) is 0 Å². The molecule has 0 radical (unpaired) electrons. The molecule has 0 aromatic heterocycles. The Morgan fingerprint density at radius 1 is 1.26 bits per heavy atom. The van der Waals surface area contributed by atoms with Gasteiger partial charge in [-0.15, -0.1) is 0 Å². The number of hydrogen-bond acceptors (Lipinski definition) is 2. The largest absolute Gasteiger partial charge is 0.406 e. The Bertz CT molecular complexity index is 332. The topological polar surface area (TPSA) is 46.3 Å². The first-order valence-corrected chi connectivity index (χ1v) is 6.93. The summed E-state index contributed by atoms with van der Waals surface area (Å²) in [6.45, 7) is -1.12. The van der Waals surface area contributed by atoms with Crippen LogP contribution in [0.4, 0.5) is 13.2 Å². The Morgan fingerprint density at radius 2 is 2.00 bits per heavy atom. The average molecular weight is 278 g/mol. The van der Waals surface area contributed by atoms with Crippen molar-refractivity contribution in [3.8, 4) is 0 Å². The van der Waals surface area contributed by atoms with E-state index in [9.17, 15) is 18.0 Å². The SMILES string of the molecule is NCCN(CC(F)(F)F)C(=O)CC1CC2CCC1C2. The molecule has 2 saturated carbocycles. The molecule has 6 heteroatoms. The molecule has 0 aromatic carbocycles. The van der Waals surface area contributed by atoms with E-state index < -0.39 is 12.7 Å². The number of rotatable bonds is 5. The van der Waals surface area contributed by atoms with Crippen LogP contribution in [0.5, 0.6) is 0 Å². The van der Waals surface area contributed by atoms with Crippen molar-refractivity contribution in [2.24, 2.45) is 23.5 Å². The second kappa shape index (κ2) is 5.69. The number of halogens is 3. The zero-order chi connectivity index (χ0) is 14.0. The number of carbonyl (C=O) groups is 1. The number of fused-ring (bicyclic) bond motifs is 2. The molecule has 0 heterocycles. The predicted octanol–water partition coefficient (Wildman–Crippen LogP) is 2.16. The van der Waals surface area contributed by atoms with Crippen molar-refractivity contribution in [1.29, 1.82) is 0 Å². The third-order valence-electron chi connectivity index (χ3n) is 4.44. The fourth-order valence-corrected chi connectivity index (χ4v) is 3.64. The van der Waals surface area contributed by atoms with Crippen LogP contribution in [-0.4, -0.2) is 36.6 Å². The molecule has 110 valence electrons. The Kier molecular flexibility index (Phi) is 4.38. The van der Waals surface area contributed by atoms with Crippen LogP contribution < -0.4 is 5.73 Å². The fraction of sp³-hybridized carbons (Fsp3) is 0.923. The maximum Gasteiger partial charge on any atom is 0.406 e. The monoisotopic (exact) mass is 278 g/mol. The van der Waals surface area contributed by atoms with Gasteiger partial charge in [-0.1, -0.05) is 6.42 Å². The smallest absolute Gasteiger partial charge is 0.332 e. The lowest BCUT2D eigenvalue weighted by Gasteiger charge is -2.27. The van der Waals surface area contributed by atoms with Crippen molar-refractivity contribution in [3.05, 3.63) is 0 Å². The molecule has 0 saturated heterocycles. The minimum Gasteiger partial charge on any atom is -0.332 e. The van der Waals surface area contributed by atoms with Crippen LogP contribution >= 0.6 is 0 Å². The highest BCUT2D eigenvalue weighted by molar-refractivity contribution is 5.76. The Balaban J connectivity index is 1.88. The molecule has 2 aliphatic carbocycles. The maximum atomic E-state index is 12.4. The van der Waals surface area contributed by atoms with Crippen LogP contribution in [0.1, 0.15) is 32.1 Å². The number of nitrogens with zero attached hydrogens (tertiary/aromatic N) is 1. The Morgan fingerprint density at radius 3 is 2.47 bits per heavy atom. The van der Waals surface area contributed by atoms with Gasteiger partial charge in [0.15, 0.2) is 0 Å². The molecule has 0 spiro atoms. The predicted molar refractivity (Wildman–Crippen MR) is 65.2 cm³/mol. The van der Waals surface area contributed by atoms with E-state index >= 15 is 0 Å². The fourth-order valence-electron chi connectivity index (χ4n) is 3.64. The third-order valence-corrected chi connectivity index (χ3v) is 4.44. The lowest BCUT2D eigenvalue weighted by atomic mass is 9.86. The van der Waals surface area contributed by atoms with Gasteiger partial charge in [-0.3, -0.25) is 4.79 Å². The van der Waals surface area contributed by atoms with E-state index in [1.807, 2.05) is 0 Å². The zero-order valence-electron chi connectivity index (χ0n) is 11.0. The summed E-state index contributed by atoms with van der Waals surface area (Å²) in [4.78, 5) is 12.9. The molecule has 3 nitrogen and oxygen atoms in total. The van der Waals surface area contributed by atoms with Gasteiger partial charge in [0.05, 0.1) is 0 Å². The van der Waals surface area contributed by atoms with E-state index in [-0.39, 0.29) is 25.4 Å². The van der Waals surface area contributed by atoms with Gasteiger partial charge in [-0.05, 0) is 37.0 Å². The lowest BCUT2D eigenvalue weighted by molar-refractivity contribution is -0.161.